The van der Waals surface area contributed by atoms with Crippen LogP contribution >= 0.6 is 0 Å². The van der Waals surface area contributed by atoms with Crippen molar-refractivity contribution < 1.29 is 9.59 Å². The molecular formula is C28H34N4O2. The largest absolute Gasteiger partial charge is 0.378 e. The van der Waals surface area contributed by atoms with Crippen LogP contribution in [0, 0.1) is 17.8 Å². The highest BCUT2D eigenvalue weighted by Crippen LogP contribution is 2.56. The molecule has 0 spiro atoms. The Balaban J connectivity index is 1.19. The molecule has 1 heterocycles. The van der Waals surface area contributed by atoms with Gasteiger partial charge in [-0.3, -0.25) is 9.59 Å². The number of nitrogens with one attached hydrogen (secondary N) is 3. The zero-order valence-electron chi connectivity index (χ0n) is 19.8. The van der Waals surface area contributed by atoms with Crippen LogP contribution in [0.2, 0.25) is 0 Å². The number of hydrogen-bond donors (Lipinski definition) is 3. The van der Waals surface area contributed by atoms with E-state index in [9.17, 15) is 9.59 Å². The zero-order chi connectivity index (χ0) is 23.3. The molecule has 0 aromatic heterocycles. The SMILES string of the molecule is C[C@H]1CC(=O)Nc2ccccc2N1C(=O)CNc1ccccc1NC12CC3CC(CC(C3)C1)C2. The van der Waals surface area contributed by atoms with Gasteiger partial charge in [-0.05, 0) is 87.5 Å². The second-order valence-electron chi connectivity index (χ2n) is 11.1. The van der Waals surface area contributed by atoms with Crippen molar-refractivity contribution in [3.8, 4) is 0 Å². The first-order valence-corrected chi connectivity index (χ1v) is 12.8. The summed E-state index contributed by atoms with van der Waals surface area (Å²) in [7, 11) is 0. The van der Waals surface area contributed by atoms with Gasteiger partial charge in [0, 0.05) is 18.0 Å². The van der Waals surface area contributed by atoms with Gasteiger partial charge in [-0.1, -0.05) is 24.3 Å². The monoisotopic (exact) mass is 458 g/mol. The summed E-state index contributed by atoms with van der Waals surface area (Å²) in [5.74, 6) is 2.53. The average Bonchev–Trinajstić information content (AvgIpc) is 2.91. The molecule has 1 aliphatic heterocycles. The molecule has 178 valence electrons. The number of carbonyl (C=O) groups is 2. The first-order valence-electron chi connectivity index (χ1n) is 12.8. The fraction of sp³-hybridized carbons (Fsp3) is 0.500. The number of hydrogen-bond acceptors (Lipinski definition) is 4. The van der Waals surface area contributed by atoms with Gasteiger partial charge in [0.15, 0.2) is 0 Å². The summed E-state index contributed by atoms with van der Waals surface area (Å²) in [6.45, 7) is 2.11. The maximum atomic E-state index is 13.4. The minimum atomic E-state index is -0.210. The van der Waals surface area contributed by atoms with Gasteiger partial charge in [0.2, 0.25) is 11.8 Å². The molecule has 0 saturated heterocycles. The van der Waals surface area contributed by atoms with Crippen molar-refractivity contribution in [3.63, 3.8) is 0 Å². The van der Waals surface area contributed by atoms with Gasteiger partial charge >= 0.3 is 0 Å². The molecule has 4 fully saturated rings. The minimum Gasteiger partial charge on any atom is -0.378 e. The number of para-hydroxylation sites is 4. The van der Waals surface area contributed by atoms with E-state index in [1.807, 2.05) is 37.3 Å². The van der Waals surface area contributed by atoms with Crippen LogP contribution in [0.25, 0.3) is 0 Å². The highest BCUT2D eigenvalue weighted by molar-refractivity contribution is 6.05. The lowest BCUT2D eigenvalue weighted by atomic mass is 9.53. The maximum absolute atomic E-state index is 13.4. The molecule has 6 nitrogen and oxygen atoms in total. The number of rotatable bonds is 5. The summed E-state index contributed by atoms with van der Waals surface area (Å²) >= 11 is 0. The normalized spacial score (nSPS) is 31.4. The Labute approximate surface area is 201 Å². The quantitative estimate of drug-likeness (QED) is 0.573. The summed E-state index contributed by atoms with van der Waals surface area (Å²) in [6.07, 6.45) is 8.36. The van der Waals surface area contributed by atoms with Crippen LogP contribution in [0.4, 0.5) is 22.7 Å². The van der Waals surface area contributed by atoms with Gasteiger partial charge in [-0.25, -0.2) is 0 Å². The topological polar surface area (TPSA) is 73.5 Å². The van der Waals surface area contributed by atoms with Gasteiger partial charge in [0.1, 0.15) is 0 Å². The van der Waals surface area contributed by atoms with E-state index in [1.54, 1.807) is 4.90 Å². The van der Waals surface area contributed by atoms with Crippen LogP contribution in [0.15, 0.2) is 48.5 Å². The van der Waals surface area contributed by atoms with E-state index in [4.69, 9.17) is 0 Å². The number of benzene rings is 2. The zero-order valence-corrected chi connectivity index (χ0v) is 19.8. The van der Waals surface area contributed by atoms with Crippen LogP contribution < -0.4 is 20.9 Å². The summed E-state index contributed by atoms with van der Waals surface area (Å²) < 4.78 is 0. The van der Waals surface area contributed by atoms with E-state index in [-0.39, 0.29) is 36.4 Å². The lowest BCUT2D eigenvalue weighted by Crippen LogP contribution is -2.54. The first-order chi connectivity index (χ1) is 16.5. The minimum absolute atomic E-state index is 0.0407. The van der Waals surface area contributed by atoms with Crippen LogP contribution in [0.5, 0.6) is 0 Å². The fourth-order valence-corrected chi connectivity index (χ4v) is 7.52. The molecule has 4 saturated carbocycles. The molecule has 2 aromatic carbocycles. The fourth-order valence-electron chi connectivity index (χ4n) is 7.52. The average molecular weight is 459 g/mol. The number of carbonyl (C=O) groups excluding carboxylic acids is 2. The summed E-state index contributed by atoms with van der Waals surface area (Å²) in [5.41, 5.74) is 3.72. The third kappa shape index (κ3) is 3.93. The summed E-state index contributed by atoms with van der Waals surface area (Å²) in [6, 6.07) is 15.6. The van der Waals surface area contributed by atoms with Crippen molar-refractivity contribution in [1.82, 2.24) is 0 Å². The highest BCUT2D eigenvalue weighted by atomic mass is 16.2. The lowest BCUT2D eigenvalue weighted by molar-refractivity contribution is -0.118. The molecule has 1 atom stereocenters. The van der Waals surface area contributed by atoms with E-state index < -0.39 is 0 Å². The van der Waals surface area contributed by atoms with E-state index in [0.29, 0.717) is 5.69 Å². The second kappa shape index (κ2) is 8.33. The molecule has 2 amide bonds. The van der Waals surface area contributed by atoms with Crippen molar-refractivity contribution >= 4 is 34.6 Å². The Morgan fingerprint density at radius 1 is 0.971 bits per heavy atom. The van der Waals surface area contributed by atoms with Crippen LogP contribution in [-0.2, 0) is 9.59 Å². The molecule has 5 aliphatic rings. The molecule has 4 aliphatic carbocycles. The van der Waals surface area contributed by atoms with E-state index in [0.717, 1.165) is 34.8 Å². The first kappa shape index (κ1) is 21.5. The van der Waals surface area contributed by atoms with Gasteiger partial charge in [0.25, 0.3) is 0 Å². The van der Waals surface area contributed by atoms with Crippen LogP contribution in [-0.4, -0.2) is 29.9 Å². The maximum Gasteiger partial charge on any atom is 0.246 e. The van der Waals surface area contributed by atoms with Gasteiger partial charge < -0.3 is 20.9 Å². The van der Waals surface area contributed by atoms with E-state index in [2.05, 4.69) is 34.1 Å². The van der Waals surface area contributed by atoms with Gasteiger partial charge in [0.05, 0.1) is 29.3 Å². The number of amides is 2. The Morgan fingerprint density at radius 3 is 2.29 bits per heavy atom. The molecule has 2 aromatic rings. The Kier molecular flexibility index (Phi) is 5.27. The van der Waals surface area contributed by atoms with Crippen molar-refractivity contribution in [3.05, 3.63) is 48.5 Å². The molecule has 7 rings (SSSR count). The lowest BCUT2D eigenvalue weighted by Gasteiger charge is -2.57. The Bertz CT molecular complexity index is 1080. The summed E-state index contributed by atoms with van der Waals surface area (Å²) in [4.78, 5) is 27.5. The third-order valence-electron chi connectivity index (χ3n) is 8.42. The molecule has 0 unspecified atom stereocenters. The highest BCUT2D eigenvalue weighted by Gasteiger charge is 2.51. The van der Waals surface area contributed by atoms with Crippen LogP contribution in [0.1, 0.15) is 51.9 Å². The molecule has 6 heteroatoms. The van der Waals surface area contributed by atoms with E-state index in [1.165, 1.54) is 38.5 Å². The van der Waals surface area contributed by atoms with Gasteiger partial charge in [-0.15, -0.1) is 0 Å². The predicted octanol–water partition coefficient (Wildman–Crippen LogP) is 5.24. The Hall–Kier alpha value is -3.02. The molecule has 0 radical (unpaired) electrons. The number of fused-ring (bicyclic) bond motifs is 1. The van der Waals surface area contributed by atoms with Crippen molar-refractivity contribution in [1.29, 1.82) is 0 Å². The molecule has 3 N–H and O–H groups in total. The third-order valence-corrected chi connectivity index (χ3v) is 8.42. The van der Waals surface area contributed by atoms with Crippen LogP contribution in [0.3, 0.4) is 0 Å². The molecule has 34 heavy (non-hydrogen) atoms. The molecular weight excluding hydrogens is 424 g/mol. The smallest absolute Gasteiger partial charge is 0.246 e. The number of anilines is 4. The Morgan fingerprint density at radius 2 is 1.59 bits per heavy atom. The van der Waals surface area contributed by atoms with E-state index >= 15 is 0 Å². The van der Waals surface area contributed by atoms with Crippen molar-refractivity contribution in [2.24, 2.45) is 17.8 Å². The van der Waals surface area contributed by atoms with Crippen molar-refractivity contribution in [2.75, 3.05) is 27.4 Å². The standard InChI is InChI=1S/C28H34N4O2/c1-18-10-26(33)30-24-8-4-5-9-25(24)32(18)27(34)17-29-22-6-2-3-7-23(22)31-28-14-19-11-20(15-28)13-21(12-19)16-28/h2-9,18-21,29,31H,10-17H2,1H3,(H,30,33)/t18-,19?,20?,21?,28?/m0/s1. The second-order valence-corrected chi connectivity index (χ2v) is 11.1. The van der Waals surface area contributed by atoms with Crippen molar-refractivity contribution in [2.45, 2.75) is 63.5 Å². The van der Waals surface area contributed by atoms with Gasteiger partial charge in [-0.2, -0.15) is 0 Å². The summed E-state index contributed by atoms with van der Waals surface area (Å²) in [5, 5.41) is 10.3. The molecule has 4 bridgehead atoms. The number of nitrogens with zero attached hydrogens (tertiary/aromatic N) is 1. The predicted molar refractivity (Wildman–Crippen MR) is 136 cm³/mol.